The highest BCUT2D eigenvalue weighted by molar-refractivity contribution is 6.35. The number of piperidine rings is 1. The van der Waals surface area contributed by atoms with Crippen molar-refractivity contribution in [2.45, 2.75) is 38.6 Å². The number of primary amides is 1. The Morgan fingerprint density at radius 1 is 1.03 bits per heavy atom. The molecule has 1 aromatic rings. The van der Waals surface area contributed by atoms with Crippen LogP contribution in [0.5, 0.6) is 0 Å². The third-order valence-electron chi connectivity index (χ3n) is 5.99. The number of hydrogen-bond donors (Lipinski definition) is 1. The number of nitrogens with zero attached hydrogens (tertiary/aromatic N) is 3. The second kappa shape index (κ2) is 9.73. The molecule has 2 heterocycles. The highest BCUT2D eigenvalue weighted by Gasteiger charge is 2.41. The highest BCUT2D eigenvalue weighted by atomic mass is 16.2. The van der Waals surface area contributed by atoms with Crippen molar-refractivity contribution in [1.82, 2.24) is 14.7 Å². The van der Waals surface area contributed by atoms with Gasteiger partial charge in [-0.25, -0.2) is 0 Å². The molecule has 2 saturated heterocycles. The second-order valence-corrected chi connectivity index (χ2v) is 7.96. The monoisotopic (exact) mass is 414 g/mol. The summed E-state index contributed by atoms with van der Waals surface area (Å²) in [6.07, 6.45) is 2.81. The molecule has 0 aliphatic carbocycles. The quantitative estimate of drug-likeness (QED) is 0.670. The lowest BCUT2D eigenvalue weighted by Crippen LogP contribution is -2.58. The van der Waals surface area contributed by atoms with Crippen molar-refractivity contribution >= 4 is 23.6 Å². The summed E-state index contributed by atoms with van der Waals surface area (Å²) < 4.78 is 0. The summed E-state index contributed by atoms with van der Waals surface area (Å²) in [6, 6.07) is 8.25. The molecular formula is C22H30N4O4. The van der Waals surface area contributed by atoms with Crippen LogP contribution in [0.1, 0.15) is 44.2 Å². The largest absolute Gasteiger partial charge is 0.369 e. The fourth-order valence-electron chi connectivity index (χ4n) is 4.15. The van der Waals surface area contributed by atoms with Gasteiger partial charge in [-0.1, -0.05) is 43.7 Å². The average Bonchev–Trinajstić information content (AvgIpc) is 2.77. The summed E-state index contributed by atoms with van der Waals surface area (Å²) >= 11 is 0. The van der Waals surface area contributed by atoms with Gasteiger partial charge in [-0.3, -0.25) is 19.2 Å². The summed E-state index contributed by atoms with van der Waals surface area (Å²) in [5, 5.41) is 0. The smallest absolute Gasteiger partial charge is 0.313 e. The first-order valence-electron chi connectivity index (χ1n) is 10.7. The third kappa shape index (κ3) is 4.63. The van der Waals surface area contributed by atoms with Gasteiger partial charge in [0.05, 0.1) is 0 Å². The number of nitrogens with two attached hydrogens (primary N) is 1. The van der Waals surface area contributed by atoms with Gasteiger partial charge >= 0.3 is 11.8 Å². The number of piperazine rings is 1. The van der Waals surface area contributed by atoms with E-state index < -0.39 is 17.9 Å². The van der Waals surface area contributed by atoms with Crippen molar-refractivity contribution in [3.63, 3.8) is 0 Å². The van der Waals surface area contributed by atoms with E-state index in [1.54, 1.807) is 21.9 Å². The van der Waals surface area contributed by atoms with Gasteiger partial charge in [0.25, 0.3) is 0 Å². The number of amides is 4. The summed E-state index contributed by atoms with van der Waals surface area (Å²) in [4.78, 5) is 55.2. The van der Waals surface area contributed by atoms with Crippen LogP contribution in [0, 0.1) is 5.92 Å². The Hall–Kier alpha value is -2.90. The lowest BCUT2D eigenvalue weighted by Gasteiger charge is -2.40. The summed E-state index contributed by atoms with van der Waals surface area (Å²) in [7, 11) is 0. The maximum absolute atomic E-state index is 13.5. The summed E-state index contributed by atoms with van der Waals surface area (Å²) in [5.74, 6) is -1.96. The number of carbonyl (C=O) groups excluding carboxylic acids is 4. The zero-order valence-electron chi connectivity index (χ0n) is 17.5. The topological polar surface area (TPSA) is 104 Å². The fraction of sp³-hybridized carbons (Fsp3) is 0.545. The van der Waals surface area contributed by atoms with Crippen LogP contribution < -0.4 is 5.73 Å². The molecule has 1 atom stereocenters. The van der Waals surface area contributed by atoms with E-state index in [0.717, 1.165) is 12.8 Å². The van der Waals surface area contributed by atoms with Crippen molar-refractivity contribution in [3.8, 4) is 0 Å². The van der Waals surface area contributed by atoms with Gasteiger partial charge in [0.2, 0.25) is 11.8 Å². The van der Waals surface area contributed by atoms with Crippen LogP contribution in [-0.2, 0) is 19.2 Å². The normalized spacial score (nSPS) is 19.2. The van der Waals surface area contributed by atoms with Crippen LogP contribution in [0.2, 0.25) is 0 Å². The van der Waals surface area contributed by atoms with Crippen molar-refractivity contribution in [2.24, 2.45) is 11.7 Å². The van der Waals surface area contributed by atoms with Crippen LogP contribution in [0.15, 0.2) is 30.3 Å². The Balaban J connectivity index is 1.80. The lowest BCUT2D eigenvalue weighted by molar-refractivity contribution is -0.161. The van der Waals surface area contributed by atoms with E-state index in [-0.39, 0.29) is 17.7 Å². The fourth-order valence-corrected chi connectivity index (χ4v) is 4.15. The molecule has 0 radical (unpaired) electrons. The molecule has 2 N–H and O–H groups in total. The Bertz CT molecular complexity index is 790. The van der Waals surface area contributed by atoms with Gasteiger partial charge in [0, 0.05) is 38.6 Å². The first-order chi connectivity index (χ1) is 14.4. The van der Waals surface area contributed by atoms with E-state index in [4.69, 9.17) is 5.73 Å². The summed E-state index contributed by atoms with van der Waals surface area (Å²) in [5.41, 5.74) is 6.08. The molecule has 30 heavy (non-hydrogen) atoms. The molecule has 2 aliphatic rings. The zero-order chi connectivity index (χ0) is 21.7. The summed E-state index contributed by atoms with van der Waals surface area (Å²) in [6.45, 7) is 4.15. The second-order valence-electron chi connectivity index (χ2n) is 7.96. The number of likely N-dealkylation sites (tertiary alicyclic amines) is 1. The maximum Gasteiger partial charge on any atom is 0.313 e. The third-order valence-corrected chi connectivity index (χ3v) is 5.99. The first-order valence-corrected chi connectivity index (χ1v) is 10.7. The zero-order valence-corrected chi connectivity index (χ0v) is 17.5. The molecule has 0 unspecified atom stereocenters. The molecule has 0 aromatic heterocycles. The van der Waals surface area contributed by atoms with Crippen LogP contribution in [-0.4, -0.2) is 71.1 Å². The van der Waals surface area contributed by atoms with E-state index in [1.807, 2.05) is 25.1 Å². The average molecular weight is 415 g/mol. The minimum absolute atomic E-state index is 0.215. The molecule has 8 heteroatoms. The van der Waals surface area contributed by atoms with Gasteiger partial charge in [-0.2, -0.15) is 0 Å². The standard InChI is InChI=1S/C22H30N4O4/c1-2-3-11-24-14-15-26(22(30)21(24)29)18(16-7-5-4-6-8-16)20(28)25-12-9-17(10-13-25)19(23)27/h4-8,17-18H,2-3,9-15H2,1H3,(H2,23,27)/t18-/m1/s1. The van der Waals surface area contributed by atoms with Gasteiger partial charge < -0.3 is 20.4 Å². The van der Waals surface area contributed by atoms with Crippen molar-refractivity contribution in [3.05, 3.63) is 35.9 Å². The number of carbonyl (C=O) groups is 4. The van der Waals surface area contributed by atoms with Gasteiger partial charge in [0.15, 0.2) is 0 Å². The molecular weight excluding hydrogens is 384 g/mol. The van der Waals surface area contributed by atoms with Gasteiger partial charge in [-0.05, 0) is 24.8 Å². The molecule has 1 aromatic carbocycles. The molecule has 2 aliphatic heterocycles. The molecule has 0 bridgehead atoms. The minimum Gasteiger partial charge on any atom is -0.369 e. The number of benzene rings is 1. The molecule has 4 amide bonds. The van der Waals surface area contributed by atoms with E-state index in [1.165, 1.54) is 4.90 Å². The van der Waals surface area contributed by atoms with E-state index in [0.29, 0.717) is 51.1 Å². The highest BCUT2D eigenvalue weighted by Crippen LogP contribution is 2.28. The Morgan fingerprint density at radius 2 is 1.70 bits per heavy atom. The Morgan fingerprint density at radius 3 is 2.30 bits per heavy atom. The minimum atomic E-state index is -0.846. The van der Waals surface area contributed by atoms with Gasteiger partial charge in [-0.15, -0.1) is 0 Å². The maximum atomic E-state index is 13.5. The molecule has 3 rings (SSSR count). The van der Waals surface area contributed by atoms with E-state index >= 15 is 0 Å². The van der Waals surface area contributed by atoms with Crippen LogP contribution in [0.4, 0.5) is 0 Å². The number of unbranched alkanes of at least 4 members (excludes halogenated alkanes) is 1. The first kappa shape index (κ1) is 21.8. The molecule has 2 fully saturated rings. The van der Waals surface area contributed by atoms with Crippen LogP contribution in [0.25, 0.3) is 0 Å². The van der Waals surface area contributed by atoms with E-state index in [2.05, 4.69) is 0 Å². The molecule has 0 spiro atoms. The van der Waals surface area contributed by atoms with Gasteiger partial charge in [0.1, 0.15) is 6.04 Å². The molecule has 8 nitrogen and oxygen atoms in total. The predicted molar refractivity (Wildman–Crippen MR) is 111 cm³/mol. The van der Waals surface area contributed by atoms with Crippen LogP contribution >= 0.6 is 0 Å². The van der Waals surface area contributed by atoms with Crippen molar-refractivity contribution < 1.29 is 19.2 Å². The van der Waals surface area contributed by atoms with E-state index in [9.17, 15) is 19.2 Å². The Kier molecular flexibility index (Phi) is 7.07. The van der Waals surface area contributed by atoms with Crippen LogP contribution in [0.3, 0.4) is 0 Å². The number of rotatable bonds is 7. The van der Waals surface area contributed by atoms with Crippen molar-refractivity contribution in [1.29, 1.82) is 0 Å². The molecule has 0 saturated carbocycles. The molecule has 162 valence electrons. The van der Waals surface area contributed by atoms with Crippen molar-refractivity contribution in [2.75, 3.05) is 32.7 Å². The predicted octanol–water partition coefficient (Wildman–Crippen LogP) is 0.923. The number of hydrogen-bond acceptors (Lipinski definition) is 4. The SMILES string of the molecule is CCCCN1CCN([C@@H](C(=O)N2CCC(C(N)=O)CC2)c2ccccc2)C(=O)C1=O. The Labute approximate surface area is 177 Å². The lowest BCUT2D eigenvalue weighted by atomic mass is 9.94.